The molecule has 0 saturated heterocycles. The number of nitrogens with two attached hydrogens (primary N) is 1. The van der Waals surface area contributed by atoms with Crippen LogP contribution in [-0.2, 0) is 45.9 Å². The molecule has 0 radical (unpaired) electrons. The number of carbonyl (C=O) groups excluding carboxylic acids is 2. The molecule has 1 aromatic carbocycles. The minimum Gasteiger partial charge on any atom is -0.458 e. The quantitative estimate of drug-likeness (QED) is 0.394. The van der Waals surface area contributed by atoms with E-state index in [1.165, 1.54) is 0 Å². The van der Waals surface area contributed by atoms with E-state index in [1.807, 2.05) is 12.1 Å². The first-order valence-corrected chi connectivity index (χ1v) is 11.5. The lowest BCUT2D eigenvalue weighted by atomic mass is 9.85. The third-order valence-electron chi connectivity index (χ3n) is 7.39. The number of cyclic esters (lactones) is 1. The van der Waals surface area contributed by atoms with Crippen LogP contribution in [-0.4, -0.2) is 33.1 Å². The van der Waals surface area contributed by atoms with Crippen LogP contribution in [0.4, 0.5) is 5.69 Å². The molecule has 3 aliphatic rings. The van der Waals surface area contributed by atoms with Gasteiger partial charge in [0.15, 0.2) is 5.60 Å². The number of ether oxygens (including phenoxy) is 1. The van der Waals surface area contributed by atoms with Crippen molar-refractivity contribution in [2.45, 2.75) is 51.4 Å². The zero-order chi connectivity index (χ0) is 23.8. The number of fused-ring (bicyclic) bond motifs is 5. The molecule has 3 aromatic rings. The van der Waals surface area contributed by atoms with Gasteiger partial charge in [0.25, 0.3) is 5.56 Å². The van der Waals surface area contributed by atoms with Crippen molar-refractivity contribution >= 4 is 28.5 Å². The Balaban J connectivity index is 1.59. The summed E-state index contributed by atoms with van der Waals surface area (Å²) in [5.41, 5.74) is 9.98. The van der Waals surface area contributed by atoms with Gasteiger partial charge in [0.1, 0.15) is 6.61 Å². The van der Waals surface area contributed by atoms with Gasteiger partial charge in [-0.15, -0.1) is 0 Å². The fourth-order valence-electron chi connectivity index (χ4n) is 5.64. The number of hydrogen-bond acceptors (Lipinski definition) is 7. The molecule has 0 bridgehead atoms. The number of amides is 1. The number of aryl methyl sites for hydroxylation is 2. The Morgan fingerprint density at radius 2 is 2.03 bits per heavy atom. The Labute approximate surface area is 194 Å². The lowest BCUT2D eigenvalue weighted by Gasteiger charge is -2.31. The number of esters is 1. The predicted octanol–water partition coefficient (Wildman–Crippen LogP) is 1.47. The molecule has 2 aliphatic heterocycles. The van der Waals surface area contributed by atoms with Crippen molar-refractivity contribution in [2.75, 3.05) is 11.9 Å². The van der Waals surface area contributed by atoms with Crippen molar-refractivity contribution in [3.05, 3.63) is 56.4 Å². The van der Waals surface area contributed by atoms with Crippen molar-refractivity contribution in [2.24, 2.45) is 5.73 Å². The summed E-state index contributed by atoms with van der Waals surface area (Å²) in [6.45, 7) is 1.81. The number of benzene rings is 1. The number of nitrogens with one attached hydrogen (secondary N) is 1. The molecule has 6 rings (SSSR count). The monoisotopic (exact) mass is 460 g/mol. The van der Waals surface area contributed by atoms with Gasteiger partial charge in [-0.05, 0) is 55.0 Å². The zero-order valence-corrected chi connectivity index (χ0v) is 18.7. The number of nitrogens with zero attached hydrogens (tertiary/aromatic N) is 2. The third-order valence-corrected chi connectivity index (χ3v) is 7.39. The van der Waals surface area contributed by atoms with Gasteiger partial charge in [0.05, 0.1) is 35.6 Å². The Bertz CT molecular complexity index is 1490. The minimum atomic E-state index is -1.85. The molecule has 0 saturated carbocycles. The number of hydrogen-bond donors (Lipinski definition) is 3. The third kappa shape index (κ3) is 2.68. The van der Waals surface area contributed by atoms with Crippen LogP contribution < -0.4 is 16.6 Å². The summed E-state index contributed by atoms with van der Waals surface area (Å²) < 4.78 is 6.81. The standard InChI is InChI=1S/C25H24N4O5/c1-2-25(33)16-8-19-22-14(10-29(19)23(31)15(16)11-34-24(25)32)12-4-3-5-13-17(27-20(30)9-26)6-7-18(28-22)21(12)13/h6-8,33H,2-5,9-11,26H2,1H3,(H,27,30)/t25-/m0/s1. The normalized spacial score (nSPS) is 19.9. The lowest BCUT2D eigenvalue weighted by molar-refractivity contribution is -0.172. The van der Waals surface area contributed by atoms with E-state index >= 15 is 0 Å². The van der Waals surface area contributed by atoms with E-state index in [-0.39, 0.29) is 31.0 Å². The average Bonchev–Trinajstić information content (AvgIpc) is 3.22. The molecule has 1 amide bonds. The summed E-state index contributed by atoms with van der Waals surface area (Å²) in [5.74, 6) is -0.982. The number of aromatic nitrogens is 2. The van der Waals surface area contributed by atoms with Crippen LogP contribution in [0, 0.1) is 0 Å². The van der Waals surface area contributed by atoms with Crippen LogP contribution in [0.15, 0.2) is 23.0 Å². The highest BCUT2D eigenvalue weighted by molar-refractivity contribution is 5.99. The van der Waals surface area contributed by atoms with Gasteiger partial charge in [-0.2, -0.15) is 0 Å². The van der Waals surface area contributed by atoms with Gasteiger partial charge in [0, 0.05) is 22.2 Å². The second kappa shape index (κ2) is 7.22. The van der Waals surface area contributed by atoms with Crippen LogP contribution in [0.2, 0.25) is 0 Å². The van der Waals surface area contributed by atoms with E-state index in [9.17, 15) is 19.5 Å². The zero-order valence-electron chi connectivity index (χ0n) is 18.7. The highest BCUT2D eigenvalue weighted by Gasteiger charge is 2.45. The van der Waals surface area contributed by atoms with Gasteiger partial charge in [0.2, 0.25) is 5.91 Å². The minimum absolute atomic E-state index is 0.0913. The molecule has 2 aromatic heterocycles. The highest BCUT2D eigenvalue weighted by Crippen LogP contribution is 2.43. The largest absolute Gasteiger partial charge is 0.458 e. The Morgan fingerprint density at radius 3 is 2.79 bits per heavy atom. The first-order chi connectivity index (χ1) is 16.4. The first kappa shape index (κ1) is 21.0. The van der Waals surface area contributed by atoms with Gasteiger partial charge in [-0.3, -0.25) is 9.59 Å². The van der Waals surface area contributed by atoms with Crippen molar-refractivity contribution in [1.82, 2.24) is 9.55 Å². The second-order valence-corrected chi connectivity index (χ2v) is 9.11. The lowest BCUT2D eigenvalue weighted by Crippen LogP contribution is -2.44. The first-order valence-electron chi connectivity index (χ1n) is 11.5. The van der Waals surface area contributed by atoms with Gasteiger partial charge in [-0.1, -0.05) is 6.92 Å². The fourth-order valence-corrected chi connectivity index (χ4v) is 5.64. The topological polar surface area (TPSA) is 137 Å². The molecule has 1 atom stereocenters. The number of pyridine rings is 2. The van der Waals surface area contributed by atoms with E-state index < -0.39 is 11.6 Å². The number of aliphatic hydroxyl groups is 1. The molecule has 0 fully saturated rings. The number of anilines is 1. The Kier molecular flexibility index (Phi) is 4.46. The summed E-state index contributed by atoms with van der Waals surface area (Å²) in [6.07, 6.45) is 2.67. The molecule has 174 valence electrons. The van der Waals surface area contributed by atoms with Crippen molar-refractivity contribution < 1.29 is 19.4 Å². The molecule has 0 unspecified atom stereocenters. The molecule has 0 spiro atoms. The van der Waals surface area contributed by atoms with Crippen LogP contribution >= 0.6 is 0 Å². The van der Waals surface area contributed by atoms with Crippen molar-refractivity contribution in [3.8, 4) is 11.4 Å². The maximum atomic E-state index is 13.4. The highest BCUT2D eigenvalue weighted by atomic mass is 16.6. The van der Waals surface area contributed by atoms with Gasteiger partial charge >= 0.3 is 5.97 Å². The molecule has 4 heterocycles. The maximum Gasteiger partial charge on any atom is 0.343 e. The van der Waals surface area contributed by atoms with Crippen LogP contribution in [0.1, 0.15) is 47.6 Å². The molecule has 9 nitrogen and oxygen atoms in total. The summed E-state index contributed by atoms with van der Waals surface area (Å²) in [7, 11) is 0. The Hall–Kier alpha value is -3.56. The molecule has 9 heteroatoms. The maximum absolute atomic E-state index is 13.4. The SMILES string of the molecule is CC[C@@]1(O)C(=O)OCc2c1cc1n(c2=O)Cc2c-1nc1ccc(NC(=O)CN)c3c1c2CCC3. The van der Waals surface area contributed by atoms with Crippen molar-refractivity contribution in [3.63, 3.8) is 0 Å². The fraction of sp³-hybridized carbons (Fsp3) is 0.360. The van der Waals surface area contributed by atoms with E-state index in [1.54, 1.807) is 17.6 Å². The second-order valence-electron chi connectivity index (χ2n) is 9.11. The van der Waals surface area contributed by atoms with E-state index in [0.717, 1.165) is 52.5 Å². The summed E-state index contributed by atoms with van der Waals surface area (Å²) in [4.78, 5) is 42.7. The predicted molar refractivity (Wildman–Crippen MR) is 124 cm³/mol. The van der Waals surface area contributed by atoms with E-state index in [4.69, 9.17) is 15.5 Å². The number of carbonyl (C=O) groups is 2. The van der Waals surface area contributed by atoms with Gasteiger partial charge in [-0.25, -0.2) is 9.78 Å². The molecular weight excluding hydrogens is 436 g/mol. The molecular formula is C25H24N4O5. The van der Waals surface area contributed by atoms with Gasteiger partial charge < -0.3 is 25.5 Å². The van der Waals surface area contributed by atoms with E-state index in [2.05, 4.69) is 5.32 Å². The summed E-state index contributed by atoms with van der Waals surface area (Å²) >= 11 is 0. The molecule has 34 heavy (non-hydrogen) atoms. The van der Waals surface area contributed by atoms with Crippen molar-refractivity contribution in [1.29, 1.82) is 0 Å². The average molecular weight is 460 g/mol. The van der Waals surface area contributed by atoms with Crippen LogP contribution in [0.3, 0.4) is 0 Å². The summed E-state index contributed by atoms with van der Waals surface area (Å²) in [5, 5.41) is 15.0. The van der Waals surface area contributed by atoms with Crippen LogP contribution in [0.5, 0.6) is 0 Å². The molecule has 4 N–H and O–H groups in total. The summed E-state index contributed by atoms with van der Waals surface area (Å²) in [6, 6.07) is 5.46. The van der Waals surface area contributed by atoms with E-state index in [0.29, 0.717) is 29.1 Å². The number of rotatable bonds is 3. The Morgan fingerprint density at radius 1 is 1.24 bits per heavy atom. The smallest absolute Gasteiger partial charge is 0.343 e. The molecule has 1 aliphatic carbocycles. The van der Waals surface area contributed by atoms with Crippen LogP contribution in [0.25, 0.3) is 22.3 Å².